The van der Waals surface area contributed by atoms with E-state index in [4.69, 9.17) is 16.7 Å². The van der Waals surface area contributed by atoms with Gasteiger partial charge in [-0.3, -0.25) is 10.1 Å². The number of hydrogen-bond donors (Lipinski definition) is 1. The number of nitro groups is 1. The standard InChI is InChI=1S/C7H4ClNO4/c8-4-1-2-5(7(10)11)6(3-4)9(12)13/h1-3H,(H,10,11). The van der Waals surface area contributed by atoms with Gasteiger partial charge in [-0.2, -0.15) is 0 Å². The van der Waals surface area contributed by atoms with Gasteiger partial charge >= 0.3 is 5.97 Å². The third-order valence-corrected chi connectivity index (χ3v) is 1.62. The summed E-state index contributed by atoms with van der Waals surface area (Å²) < 4.78 is 0. The maximum atomic E-state index is 10.5. The molecule has 1 N–H and O–H groups in total. The van der Waals surface area contributed by atoms with E-state index in [0.717, 1.165) is 12.1 Å². The maximum Gasteiger partial charge on any atom is 0.342 e. The van der Waals surface area contributed by atoms with Crippen LogP contribution in [-0.2, 0) is 0 Å². The molecule has 0 fully saturated rings. The summed E-state index contributed by atoms with van der Waals surface area (Å²) in [5, 5.41) is 19.1. The van der Waals surface area contributed by atoms with Gasteiger partial charge in [-0.15, -0.1) is 0 Å². The minimum absolute atomic E-state index is 0.136. The number of carbonyl (C=O) groups is 1. The summed E-state index contributed by atoms with van der Waals surface area (Å²) in [4.78, 5) is 20.1. The van der Waals surface area contributed by atoms with Crippen LogP contribution in [0.3, 0.4) is 0 Å². The van der Waals surface area contributed by atoms with E-state index in [-0.39, 0.29) is 10.6 Å². The van der Waals surface area contributed by atoms with E-state index < -0.39 is 16.6 Å². The Bertz CT molecular complexity index is 377. The van der Waals surface area contributed by atoms with Gasteiger partial charge in [-0.05, 0) is 12.1 Å². The molecule has 0 bridgehead atoms. The first-order valence-corrected chi connectivity index (χ1v) is 3.57. The Morgan fingerprint density at radius 3 is 2.62 bits per heavy atom. The van der Waals surface area contributed by atoms with Crippen molar-refractivity contribution >= 4 is 23.3 Å². The molecule has 0 aliphatic carbocycles. The van der Waals surface area contributed by atoms with E-state index in [0.29, 0.717) is 0 Å². The zero-order valence-electron chi connectivity index (χ0n) is 6.23. The molecule has 1 aromatic rings. The topological polar surface area (TPSA) is 80.4 Å². The van der Waals surface area contributed by atoms with Gasteiger partial charge < -0.3 is 5.11 Å². The molecule has 0 aliphatic heterocycles. The lowest BCUT2D eigenvalue weighted by Gasteiger charge is -1.97. The average molecular weight is 202 g/mol. The monoisotopic (exact) mass is 201 g/mol. The van der Waals surface area contributed by atoms with Crippen LogP contribution in [0.25, 0.3) is 0 Å². The second-order valence-corrected chi connectivity index (χ2v) is 2.66. The molecule has 0 saturated heterocycles. The highest BCUT2D eigenvalue weighted by molar-refractivity contribution is 6.31. The third kappa shape index (κ3) is 1.94. The van der Waals surface area contributed by atoms with Gasteiger partial charge in [0.15, 0.2) is 0 Å². The van der Waals surface area contributed by atoms with Gasteiger partial charge in [-0.1, -0.05) is 11.6 Å². The highest BCUT2D eigenvalue weighted by atomic mass is 35.5. The maximum absolute atomic E-state index is 10.5. The first kappa shape index (κ1) is 9.47. The van der Waals surface area contributed by atoms with E-state index in [9.17, 15) is 14.9 Å². The van der Waals surface area contributed by atoms with Crippen molar-refractivity contribution in [1.82, 2.24) is 0 Å². The Morgan fingerprint density at radius 2 is 2.15 bits per heavy atom. The number of nitrogens with zero attached hydrogens (tertiary/aromatic N) is 1. The van der Waals surface area contributed by atoms with Crippen LogP contribution in [0.5, 0.6) is 0 Å². The summed E-state index contributed by atoms with van der Waals surface area (Å²) in [6, 6.07) is 3.39. The van der Waals surface area contributed by atoms with Crippen LogP contribution in [0, 0.1) is 10.1 Å². The van der Waals surface area contributed by atoms with Crippen molar-refractivity contribution < 1.29 is 14.8 Å². The van der Waals surface area contributed by atoms with Crippen LogP contribution in [0.2, 0.25) is 5.02 Å². The van der Waals surface area contributed by atoms with Crippen LogP contribution < -0.4 is 0 Å². The SMILES string of the molecule is O=C(O)c1ccc(Cl)cc1[N+](=O)[O-]. The highest BCUT2D eigenvalue weighted by Gasteiger charge is 2.19. The summed E-state index contributed by atoms with van der Waals surface area (Å²) >= 11 is 5.47. The predicted molar refractivity (Wildman–Crippen MR) is 45.1 cm³/mol. The zero-order valence-corrected chi connectivity index (χ0v) is 6.99. The number of hydrogen-bond acceptors (Lipinski definition) is 3. The second kappa shape index (κ2) is 3.40. The number of benzene rings is 1. The number of aromatic carboxylic acids is 1. The predicted octanol–water partition coefficient (Wildman–Crippen LogP) is 1.95. The van der Waals surface area contributed by atoms with Gasteiger partial charge in [0.05, 0.1) is 4.92 Å². The Hall–Kier alpha value is -1.62. The Morgan fingerprint density at radius 1 is 1.54 bits per heavy atom. The summed E-state index contributed by atoms with van der Waals surface area (Å²) in [7, 11) is 0. The number of carboxylic acid groups (broad SMARTS) is 1. The van der Waals surface area contributed by atoms with E-state index in [1.165, 1.54) is 6.07 Å². The highest BCUT2D eigenvalue weighted by Crippen LogP contribution is 2.22. The normalized spacial score (nSPS) is 9.62. The molecule has 0 heterocycles. The number of nitro benzene ring substituents is 1. The molecule has 0 aliphatic rings. The third-order valence-electron chi connectivity index (χ3n) is 1.39. The lowest BCUT2D eigenvalue weighted by molar-refractivity contribution is -0.385. The molecule has 0 spiro atoms. The van der Waals surface area contributed by atoms with Gasteiger partial charge in [0.25, 0.3) is 5.69 Å². The molecular formula is C7H4ClNO4. The van der Waals surface area contributed by atoms with Crippen LogP contribution in [0.15, 0.2) is 18.2 Å². The van der Waals surface area contributed by atoms with Gasteiger partial charge in [-0.25, -0.2) is 4.79 Å². The van der Waals surface area contributed by atoms with E-state index in [1.54, 1.807) is 0 Å². The van der Waals surface area contributed by atoms with Crippen molar-refractivity contribution in [2.24, 2.45) is 0 Å². The summed E-state index contributed by atoms with van der Waals surface area (Å²) in [5.41, 5.74) is -0.866. The molecule has 13 heavy (non-hydrogen) atoms. The quantitative estimate of drug-likeness (QED) is 0.586. The minimum atomic E-state index is -1.34. The molecule has 5 nitrogen and oxygen atoms in total. The fourth-order valence-electron chi connectivity index (χ4n) is 0.837. The Balaban J connectivity index is 3.35. The average Bonchev–Trinajstić information content (AvgIpc) is 2.03. The Kier molecular flexibility index (Phi) is 2.48. The van der Waals surface area contributed by atoms with Gasteiger partial charge in [0.1, 0.15) is 5.56 Å². The Labute approximate surface area is 77.7 Å². The fourth-order valence-corrected chi connectivity index (χ4v) is 1.00. The van der Waals surface area contributed by atoms with Crippen molar-refractivity contribution in [3.05, 3.63) is 38.9 Å². The summed E-state index contributed by atoms with van der Waals surface area (Å²) in [6.07, 6.45) is 0. The van der Waals surface area contributed by atoms with Crippen molar-refractivity contribution in [2.75, 3.05) is 0 Å². The molecule has 0 saturated carbocycles. The lowest BCUT2D eigenvalue weighted by Crippen LogP contribution is -2.01. The summed E-state index contributed by atoms with van der Waals surface area (Å²) in [6.45, 7) is 0. The van der Waals surface area contributed by atoms with Crippen molar-refractivity contribution in [2.45, 2.75) is 0 Å². The van der Waals surface area contributed by atoms with Crippen LogP contribution in [0.1, 0.15) is 10.4 Å². The summed E-state index contributed by atoms with van der Waals surface area (Å²) in [5.74, 6) is -1.34. The van der Waals surface area contributed by atoms with E-state index in [2.05, 4.69) is 0 Å². The lowest BCUT2D eigenvalue weighted by atomic mass is 10.2. The second-order valence-electron chi connectivity index (χ2n) is 2.22. The van der Waals surface area contributed by atoms with Crippen LogP contribution in [0.4, 0.5) is 5.69 Å². The van der Waals surface area contributed by atoms with E-state index >= 15 is 0 Å². The molecule has 0 amide bonds. The molecule has 0 unspecified atom stereocenters. The van der Waals surface area contributed by atoms with Crippen LogP contribution >= 0.6 is 11.6 Å². The van der Waals surface area contributed by atoms with Gasteiger partial charge in [0, 0.05) is 11.1 Å². The molecule has 0 radical (unpaired) electrons. The number of carboxylic acids is 1. The smallest absolute Gasteiger partial charge is 0.342 e. The number of halogens is 1. The van der Waals surface area contributed by atoms with Gasteiger partial charge in [0.2, 0.25) is 0 Å². The molecule has 6 heteroatoms. The molecular weight excluding hydrogens is 198 g/mol. The minimum Gasteiger partial charge on any atom is -0.477 e. The molecule has 0 atom stereocenters. The first-order valence-electron chi connectivity index (χ1n) is 3.19. The van der Waals surface area contributed by atoms with Crippen LogP contribution in [-0.4, -0.2) is 16.0 Å². The number of rotatable bonds is 2. The fraction of sp³-hybridized carbons (Fsp3) is 0. The van der Waals surface area contributed by atoms with Crippen molar-refractivity contribution in [3.63, 3.8) is 0 Å². The first-order chi connectivity index (χ1) is 6.02. The van der Waals surface area contributed by atoms with E-state index in [1.807, 2.05) is 0 Å². The van der Waals surface area contributed by atoms with Crippen molar-refractivity contribution in [3.8, 4) is 0 Å². The zero-order chi connectivity index (χ0) is 10.0. The van der Waals surface area contributed by atoms with Crippen molar-refractivity contribution in [1.29, 1.82) is 0 Å². The molecule has 68 valence electrons. The largest absolute Gasteiger partial charge is 0.477 e. The molecule has 1 aromatic carbocycles. The molecule has 0 aromatic heterocycles. The molecule has 1 rings (SSSR count).